The third-order valence-electron chi connectivity index (χ3n) is 4.43. The zero-order valence-corrected chi connectivity index (χ0v) is 15.1. The van der Waals surface area contributed by atoms with Crippen LogP contribution >= 0.6 is 11.8 Å². The standard InChI is InChI=1S/C18H15N5O3S/c1-24-16(19)17-23-15-6-12(4-10-7-20-8-21-18(10,15)27-17)22-11-2-3-13-14(5-11)26-9-25-13/h2-8,23H,9,19H2,1H3. The molecule has 9 heteroatoms. The van der Waals surface area contributed by atoms with E-state index < -0.39 is 4.87 Å². The molecule has 1 aromatic rings. The topological polar surface area (TPSA) is 103 Å². The predicted octanol–water partition coefficient (Wildman–Crippen LogP) is 2.19. The van der Waals surface area contributed by atoms with Gasteiger partial charge in [0.2, 0.25) is 12.7 Å². The number of nitrogens with zero attached hydrogens (tertiary/aromatic N) is 3. The number of ether oxygens (including phenoxy) is 3. The van der Waals surface area contributed by atoms with Gasteiger partial charge in [-0.25, -0.2) is 15.0 Å². The number of fused-ring (bicyclic) bond motifs is 1. The van der Waals surface area contributed by atoms with Crippen LogP contribution in [0.1, 0.15) is 0 Å². The summed E-state index contributed by atoms with van der Waals surface area (Å²) in [6.07, 6.45) is 7.25. The normalized spacial score (nSPS) is 27.5. The maximum atomic E-state index is 5.95. The average molecular weight is 381 g/mol. The van der Waals surface area contributed by atoms with Crippen LogP contribution in [0.4, 0.5) is 5.69 Å². The van der Waals surface area contributed by atoms with Crippen LogP contribution in [0.25, 0.3) is 0 Å². The lowest BCUT2D eigenvalue weighted by Gasteiger charge is -2.29. The molecule has 1 spiro atoms. The first-order chi connectivity index (χ1) is 13.2. The molecular weight excluding hydrogens is 366 g/mol. The number of hydrogen-bond acceptors (Lipinski definition) is 9. The Kier molecular flexibility index (Phi) is 3.51. The van der Waals surface area contributed by atoms with E-state index in [0.717, 1.165) is 28.4 Å². The minimum absolute atomic E-state index is 0.234. The quantitative estimate of drug-likeness (QED) is 0.762. The van der Waals surface area contributed by atoms with Crippen molar-refractivity contribution in [1.82, 2.24) is 5.32 Å². The predicted molar refractivity (Wildman–Crippen MR) is 104 cm³/mol. The molecule has 136 valence electrons. The van der Waals surface area contributed by atoms with Crippen LogP contribution in [0.5, 0.6) is 11.5 Å². The molecule has 0 amide bonds. The number of nitrogens with two attached hydrogens (primary N) is 1. The van der Waals surface area contributed by atoms with Crippen LogP contribution in [-0.4, -0.2) is 37.0 Å². The summed E-state index contributed by atoms with van der Waals surface area (Å²) < 4.78 is 15.9. The zero-order valence-electron chi connectivity index (χ0n) is 14.3. The van der Waals surface area contributed by atoms with Crippen LogP contribution in [0.3, 0.4) is 0 Å². The van der Waals surface area contributed by atoms with E-state index in [9.17, 15) is 0 Å². The molecular formula is C18H15N5O3S. The Morgan fingerprint density at radius 2 is 2.22 bits per heavy atom. The van der Waals surface area contributed by atoms with Crippen molar-refractivity contribution in [2.24, 2.45) is 20.7 Å². The van der Waals surface area contributed by atoms with Gasteiger partial charge in [0.15, 0.2) is 16.4 Å². The lowest BCUT2D eigenvalue weighted by molar-refractivity contribution is 0.174. The molecule has 0 aromatic heterocycles. The van der Waals surface area contributed by atoms with Gasteiger partial charge in [0.25, 0.3) is 0 Å². The molecule has 0 radical (unpaired) electrons. The summed E-state index contributed by atoms with van der Waals surface area (Å²) >= 11 is 1.48. The van der Waals surface area contributed by atoms with Crippen LogP contribution in [0.2, 0.25) is 0 Å². The molecule has 0 saturated carbocycles. The number of benzene rings is 1. The molecule has 1 aliphatic carbocycles. The monoisotopic (exact) mass is 381 g/mol. The molecule has 4 aliphatic rings. The highest BCUT2D eigenvalue weighted by atomic mass is 32.2. The molecule has 3 heterocycles. The van der Waals surface area contributed by atoms with Gasteiger partial charge in [-0.3, -0.25) is 0 Å². The molecule has 8 nitrogen and oxygen atoms in total. The van der Waals surface area contributed by atoms with Gasteiger partial charge in [-0.15, -0.1) is 0 Å². The highest BCUT2D eigenvalue weighted by Gasteiger charge is 2.48. The summed E-state index contributed by atoms with van der Waals surface area (Å²) in [5, 5.41) is 4.02. The van der Waals surface area contributed by atoms with Gasteiger partial charge in [0, 0.05) is 17.9 Å². The molecule has 1 saturated heterocycles. The Labute approximate surface area is 159 Å². The highest BCUT2D eigenvalue weighted by molar-refractivity contribution is 8.05. The fourth-order valence-corrected chi connectivity index (χ4v) is 4.32. The van der Waals surface area contributed by atoms with E-state index in [4.69, 9.17) is 24.9 Å². The van der Waals surface area contributed by atoms with Crippen LogP contribution in [0, 0.1) is 0 Å². The van der Waals surface area contributed by atoms with Gasteiger partial charge in [-0.2, -0.15) is 0 Å². The van der Waals surface area contributed by atoms with E-state index in [0.29, 0.717) is 16.7 Å². The molecule has 1 fully saturated rings. The first-order valence-corrected chi connectivity index (χ1v) is 8.99. The fraction of sp³-hybridized carbons (Fsp3) is 0.167. The summed E-state index contributed by atoms with van der Waals surface area (Å²) in [5.41, 5.74) is 9.26. The molecule has 3 aliphatic heterocycles. The van der Waals surface area contributed by atoms with Gasteiger partial charge in [0.1, 0.15) is 11.4 Å². The number of allylic oxidation sites excluding steroid dienone is 2. The first-order valence-electron chi connectivity index (χ1n) is 8.17. The second-order valence-corrected chi connectivity index (χ2v) is 7.23. The second-order valence-electron chi connectivity index (χ2n) is 6.02. The minimum atomic E-state index is -0.631. The second kappa shape index (κ2) is 5.92. The van der Waals surface area contributed by atoms with Gasteiger partial charge in [-0.1, -0.05) is 11.8 Å². The third kappa shape index (κ3) is 2.50. The number of aliphatic imine (C=N–C) groups is 3. The van der Waals surface area contributed by atoms with E-state index in [1.807, 2.05) is 30.4 Å². The van der Waals surface area contributed by atoms with Crippen molar-refractivity contribution in [2.75, 3.05) is 13.9 Å². The Morgan fingerprint density at radius 1 is 1.33 bits per heavy atom. The van der Waals surface area contributed by atoms with Crippen molar-refractivity contribution < 1.29 is 14.2 Å². The van der Waals surface area contributed by atoms with E-state index in [-0.39, 0.29) is 6.79 Å². The molecule has 0 bridgehead atoms. The molecule has 1 aromatic carbocycles. The zero-order chi connectivity index (χ0) is 18.4. The average Bonchev–Trinajstić information content (AvgIpc) is 3.29. The minimum Gasteiger partial charge on any atom is -0.481 e. The van der Waals surface area contributed by atoms with Gasteiger partial charge in [-0.05, 0) is 24.3 Å². The summed E-state index contributed by atoms with van der Waals surface area (Å²) in [6, 6.07) is 5.59. The van der Waals surface area contributed by atoms with E-state index in [1.165, 1.54) is 18.9 Å². The van der Waals surface area contributed by atoms with Gasteiger partial charge in [0.05, 0.1) is 24.2 Å². The highest BCUT2D eigenvalue weighted by Crippen LogP contribution is 2.51. The Hall–Kier alpha value is -3.20. The molecule has 1 unspecified atom stereocenters. The molecule has 27 heavy (non-hydrogen) atoms. The van der Waals surface area contributed by atoms with Crippen LogP contribution in [0.15, 0.2) is 67.5 Å². The fourth-order valence-electron chi connectivity index (χ4n) is 3.13. The Bertz CT molecular complexity index is 1020. The third-order valence-corrected chi connectivity index (χ3v) is 5.79. The van der Waals surface area contributed by atoms with Crippen molar-refractivity contribution in [3.05, 3.63) is 52.5 Å². The number of rotatable bonds is 2. The number of hydrogen-bond donors (Lipinski definition) is 2. The van der Waals surface area contributed by atoms with Crippen molar-refractivity contribution in [3.8, 4) is 11.5 Å². The summed E-state index contributed by atoms with van der Waals surface area (Å²) in [5.74, 6) is 1.74. The number of methoxy groups -OCH3 is 1. The van der Waals surface area contributed by atoms with E-state index in [2.05, 4.69) is 15.3 Å². The van der Waals surface area contributed by atoms with Gasteiger partial charge < -0.3 is 25.3 Å². The number of thioether (sulfide) groups is 1. The van der Waals surface area contributed by atoms with E-state index in [1.54, 1.807) is 12.6 Å². The first kappa shape index (κ1) is 16.0. The number of nitrogens with one attached hydrogen (secondary N) is 1. The van der Waals surface area contributed by atoms with Gasteiger partial charge >= 0.3 is 0 Å². The molecule has 1 atom stereocenters. The van der Waals surface area contributed by atoms with Crippen molar-refractivity contribution in [3.63, 3.8) is 0 Å². The lowest BCUT2D eigenvalue weighted by atomic mass is 9.95. The van der Waals surface area contributed by atoms with Crippen LogP contribution in [-0.2, 0) is 4.74 Å². The summed E-state index contributed by atoms with van der Waals surface area (Å²) in [7, 11) is 1.54. The van der Waals surface area contributed by atoms with Crippen molar-refractivity contribution in [1.29, 1.82) is 0 Å². The summed E-state index contributed by atoms with van der Waals surface area (Å²) in [4.78, 5) is 12.9. The Balaban J connectivity index is 1.57. The van der Waals surface area contributed by atoms with E-state index >= 15 is 0 Å². The Morgan fingerprint density at radius 3 is 3.11 bits per heavy atom. The molecule has 3 N–H and O–H groups in total. The SMILES string of the molecule is COC(N)=C1NC2=CC(=Nc3ccc4c(c3)OCO4)C=C3C=NC=NC32S1. The largest absolute Gasteiger partial charge is 0.481 e. The smallest absolute Gasteiger partial charge is 0.231 e. The van der Waals surface area contributed by atoms with Crippen molar-refractivity contribution in [2.45, 2.75) is 4.87 Å². The maximum absolute atomic E-state index is 5.95. The maximum Gasteiger partial charge on any atom is 0.231 e. The summed E-state index contributed by atoms with van der Waals surface area (Å²) in [6.45, 7) is 0.234. The van der Waals surface area contributed by atoms with Crippen LogP contribution < -0.4 is 20.5 Å². The molecule has 5 rings (SSSR count). The lowest BCUT2D eigenvalue weighted by Crippen LogP contribution is -2.33. The van der Waals surface area contributed by atoms with Crippen molar-refractivity contribution >= 4 is 35.7 Å².